The van der Waals surface area contributed by atoms with Gasteiger partial charge in [-0.3, -0.25) is 19.2 Å². The van der Waals surface area contributed by atoms with Crippen LogP contribution >= 0.6 is 24.4 Å². The molecule has 0 aliphatic rings. The largest absolute Gasteiger partial charge is 0.508 e. The SMILES string of the molecule is CSCCC(N)C(=O)NC(CS)C(=O)NC(CCC(=O)O)C(=O)NC(Cc1ccc(O)cc1)C(=O)O. The number of amides is 3. The molecular weight excluding hydrogens is 512 g/mol. The molecule has 0 bridgehead atoms. The van der Waals surface area contributed by atoms with Crippen LogP contribution in [-0.2, 0) is 30.4 Å². The third-order valence-corrected chi connectivity index (χ3v) is 6.07. The fraction of sp³-hybridized carbons (Fsp3) is 0.500. The van der Waals surface area contributed by atoms with Crippen molar-refractivity contribution in [1.29, 1.82) is 0 Å². The number of aromatic hydroxyl groups is 1. The molecule has 0 aromatic heterocycles. The van der Waals surface area contributed by atoms with Gasteiger partial charge in [0.15, 0.2) is 0 Å². The number of thioether (sulfide) groups is 1. The number of carbonyl (C=O) groups is 5. The van der Waals surface area contributed by atoms with Crippen molar-refractivity contribution in [3.63, 3.8) is 0 Å². The lowest BCUT2D eigenvalue weighted by Gasteiger charge is -2.24. The minimum absolute atomic E-state index is 0.0119. The van der Waals surface area contributed by atoms with Crippen LogP contribution in [0, 0.1) is 0 Å². The van der Waals surface area contributed by atoms with Gasteiger partial charge in [-0.15, -0.1) is 0 Å². The maximum absolute atomic E-state index is 12.9. The Kier molecular flexibility index (Phi) is 13.7. The van der Waals surface area contributed by atoms with Gasteiger partial charge in [-0.1, -0.05) is 12.1 Å². The molecule has 12 nitrogen and oxygen atoms in total. The molecule has 1 aromatic rings. The smallest absolute Gasteiger partial charge is 0.326 e. The quantitative estimate of drug-likeness (QED) is 0.123. The van der Waals surface area contributed by atoms with Gasteiger partial charge in [0.1, 0.15) is 23.9 Å². The zero-order valence-corrected chi connectivity index (χ0v) is 21.4. The van der Waals surface area contributed by atoms with Gasteiger partial charge in [0.05, 0.1) is 6.04 Å². The summed E-state index contributed by atoms with van der Waals surface area (Å²) in [5.41, 5.74) is 6.33. The van der Waals surface area contributed by atoms with Crippen molar-refractivity contribution in [3.8, 4) is 5.75 Å². The van der Waals surface area contributed by atoms with Gasteiger partial charge in [-0.05, 0) is 42.5 Å². The van der Waals surface area contributed by atoms with Crippen LogP contribution in [0.2, 0.25) is 0 Å². The summed E-state index contributed by atoms with van der Waals surface area (Å²) in [4.78, 5) is 60.7. The van der Waals surface area contributed by atoms with Crippen LogP contribution < -0.4 is 21.7 Å². The second-order valence-corrected chi connectivity index (χ2v) is 9.25. The van der Waals surface area contributed by atoms with Crippen molar-refractivity contribution in [2.75, 3.05) is 17.8 Å². The fourth-order valence-electron chi connectivity index (χ4n) is 3.00. The van der Waals surface area contributed by atoms with Crippen LogP contribution in [0.25, 0.3) is 0 Å². The Morgan fingerprint density at radius 2 is 1.47 bits per heavy atom. The van der Waals surface area contributed by atoms with Crippen LogP contribution in [0.3, 0.4) is 0 Å². The van der Waals surface area contributed by atoms with E-state index in [0.717, 1.165) is 0 Å². The number of phenolic OH excluding ortho intramolecular Hbond substituents is 1. The fourth-order valence-corrected chi connectivity index (χ4v) is 3.74. The van der Waals surface area contributed by atoms with E-state index in [1.807, 2.05) is 6.26 Å². The third-order valence-electron chi connectivity index (χ3n) is 5.06. The van der Waals surface area contributed by atoms with Gasteiger partial charge >= 0.3 is 11.9 Å². The average Bonchev–Trinajstić information content (AvgIpc) is 2.83. The van der Waals surface area contributed by atoms with E-state index < -0.39 is 60.2 Å². The first kappa shape index (κ1) is 31.1. The summed E-state index contributed by atoms with van der Waals surface area (Å²) in [6.07, 6.45) is 1.32. The number of carbonyl (C=O) groups excluding carboxylic acids is 3. The second kappa shape index (κ2) is 15.9. The molecule has 36 heavy (non-hydrogen) atoms. The molecule has 1 rings (SSSR count). The van der Waals surface area contributed by atoms with Crippen molar-refractivity contribution in [3.05, 3.63) is 29.8 Å². The van der Waals surface area contributed by atoms with E-state index >= 15 is 0 Å². The Morgan fingerprint density at radius 1 is 0.917 bits per heavy atom. The summed E-state index contributed by atoms with van der Waals surface area (Å²) in [5, 5.41) is 35.1. The lowest BCUT2D eigenvalue weighted by atomic mass is 10.0. The minimum Gasteiger partial charge on any atom is -0.508 e. The highest BCUT2D eigenvalue weighted by molar-refractivity contribution is 7.98. The lowest BCUT2D eigenvalue weighted by Crippen LogP contribution is -2.57. The van der Waals surface area contributed by atoms with E-state index in [9.17, 15) is 34.2 Å². The zero-order valence-electron chi connectivity index (χ0n) is 19.7. The molecule has 0 saturated carbocycles. The molecule has 0 spiro atoms. The van der Waals surface area contributed by atoms with Crippen molar-refractivity contribution in [2.24, 2.45) is 5.73 Å². The van der Waals surface area contributed by atoms with E-state index in [1.54, 1.807) is 0 Å². The molecule has 8 N–H and O–H groups in total. The van der Waals surface area contributed by atoms with Crippen LogP contribution in [0.15, 0.2) is 24.3 Å². The number of nitrogens with one attached hydrogen (secondary N) is 3. The monoisotopic (exact) mass is 544 g/mol. The van der Waals surface area contributed by atoms with Crippen LogP contribution in [0.5, 0.6) is 5.75 Å². The molecule has 14 heteroatoms. The molecule has 0 aliphatic heterocycles. The number of carboxylic acids is 2. The van der Waals surface area contributed by atoms with Gasteiger partial charge in [0, 0.05) is 18.6 Å². The molecule has 3 amide bonds. The number of rotatable bonds is 16. The average molecular weight is 545 g/mol. The highest BCUT2D eigenvalue weighted by Crippen LogP contribution is 2.12. The Morgan fingerprint density at radius 3 is 2.00 bits per heavy atom. The first-order valence-corrected chi connectivity index (χ1v) is 13.0. The van der Waals surface area contributed by atoms with Crippen molar-refractivity contribution >= 4 is 54.1 Å². The van der Waals surface area contributed by atoms with E-state index in [-0.39, 0.29) is 24.3 Å². The highest BCUT2D eigenvalue weighted by atomic mass is 32.2. The van der Waals surface area contributed by atoms with E-state index in [0.29, 0.717) is 17.7 Å². The second-order valence-electron chi connectivity index (χ2n) is 7.90. The number of hydrogen-bond donors (Lipinski definition) is 8. The molecule has 0 fully saturated rings. The number of aliphatic carboxylic acids is 2. The molecule has 4 atom stereocenters. The summed E-state index contributed by atoms with van der Waals surface area (Å²) in [5.74, 6) is -4.36. The Hall–Kier alpha value is -2.97. The van der Waals surface area contributed by atoms with Gasteiger partial charge in [0.25, 0.3) is 0 Å². The molecular formula is C22H32N4O8S2. The lowest BCUT2D eigenvalue weighted by molar-refractivity contribution is -0.143. The maximum Gasteiger partial charge on any atom is 0.326 e. The van der Waals surface area contributed by atoms with Crippen LogP contribution in [0.1, 0.15) is 24.8 Å². The minimum atomic E-state index is -1.39. The molecule has 0 heterocycles. The summed E-state index contributed by atoms with van der Waals surface area (Å²) in [6, 6.07) is 0.926. The van der Waals surface area contributed by atoms with Gasteiger partial charge in [0.2, 0.25) is 17.7 Å². The third kappa shape index (κ3) is 11.2. The predicted molar refractivity (Wildman–Crippen MR) is 137 cm³/mol. The van der Waals surface area contributed by atoms with Crippen LogP contribution in [-0.4, -0.2) is 86.9 Å². The van der Waals surface area contributed by atoms with Crippen LogP contribution in [0.4, 0.5) is 0 Å². The van der Waals surface area contributed by atoms with E-state index in [4.69, 9.17) is 10.8 Å². The number of phenols is 1. The molecule has 200 valence electrons. The van der Waals surface area contributed by atoms with Crippen molar-refractivity contribution < 1.29 is 39.3 Å². The maximum atomic E-state index is 12.9. The standard InChI is InChI=1S/C22H32N4O8S2/c1-36-9-8-14(23)19(30)26-17(11-35)21(32)24-15(6-7-18(28)29)20(31)25-16(22(33)34)10-12-2-4-13(27)5-3-12/h2-5,14-17,27,35H,6-11,23H2,1H3,(H,24,32)(H,25,31)(H,26,30)(H,28,29)(H,33,34). The van der Waals surface area contributed by atoms with Gasteiger partial charge in [-0.2, -0.15) is 24.4 Å². The molecule has 0 radical (unpaired) electrons. The number of nitrogens with two attached hydrogens (primary N) is 1. The Balaban J connectivity index is 2.93. The molecule has 0 aliphatic carbocycles. The highest BCUT2D eigenvalue weighted by Gasteiger charge is 2.30. The van der Waals surface area contributed by atoms with Crippen molar-refractivity contribution in [1.82, 2.24) is 16.0 Å². The van der Waals surface area contributed by atoms with Crippen molar-refractivity contribution in [2.45, 2.75) is 49.9 Å². The summed E-state index contributed by atoms with van der Waals surface area (Å²) >= 11 is 5.57. The molecule has 1 aromatic carbocycles. The Labute approximate surface area is 218 Å². The summed E-state index contributed by atoms with van der Waals surface area (Å²) < 4.78 is 0. The van der Waals surface area contributed by atoms with E-state index in [1.165, 1.54) is 36.0 Å². The van der Waals surface area contributed by atoms with E-state index in [2.05, 4.69) is 28.6 Å². The van der Waals surface area contributed by atoms with Gasteiger partial charge < -0.3 is 37.0 Å². The number of benzene rings is 1. The number of hydrogen-bond acceptors (Lipinski definition) is 9. The topological polar surface area (TPSA) is 208 Å². The molecule has 0 saturated heterocycles. The summed E-state index contributed by atoms with van der Waals surface area (Å²) in [6.45, 7) is 0. The normalized spacial score (nSPS) is 14.1. The zero-order chi connectivity index (χ0) is 27.3. The number of thiol groups is 1. The molecule has 4 unspecified atom stereocenters. The van der Waals surface area contributed by atoms with Gasteiger partial charge in [-0.25, -0.2) is 4.79 Å². The first-order chi connectivity index (χ1) is 17.0. The Bertz CT molecular complexity index is 916. The first-order valence-electron chi connectivity index (χ1n) is 11.0. The summed E-state index contributed by atoms with van der Waals surface area (Å²) in [7, 11) is 0. The number of carboxylic acid groups (broad SMARTS) is 2. The predicted octanol–water partition coefficient (Wildman–Crippen LogP) is -0.651.